The minimum Gasteiger partial charge on any atom is -0.476 e. The van der Waals surface area contributed by atoms with Crippen molar-refractivity contribution in [2.45, 2.75) is 0 Å². The van der Waals surface area contributed by atoms with Crippen molar-refractivity contribution in [1.82, 2.24) is 9.78 Å². The zero-order valence-electron chi connectivity index (χ0n) is 11.2. The number of nitrogens with zero attached hydrogens (tertiary/aromatic N) is 2. The first-order chi connectivity index (χ1) is 10.6. The summed E-state index contributed by atoms with van der Waals surface area (Å²) in [4.78, 5) is 11.2. The molecule has 0 bridgehead atoms. The average molecular weight is 317 g/mol. The number of carbonyl (C=O) groups is 1. The van der Waals surface area contributed by atoms with Crippen molar-refractivity contribution in [3.05, 3.63) is 71.1 Å². The van der Waals surface area contributed by atoms with Crippen LogP contribution in [0.25, 0.3) is 16.9 Å². The van der Waals surface area contributed by atoms with Crippen molar-refractivity contribution < 1.29 is 14.3 Å². The molecule has 1 heterocycles. The van der Waals surface area contributed by atoms with E-state index in [1.54, 1.807) is 24.3 Å². The molecule has 3 rings (SSSR count). The quantitative estimate of drug-likeness (QED) is 0.793. The van der Waals surface area contributed by atoms with Gasteiger partial charge in [-0.05, 0) is 36.4 Å². The topological polar surface area (TPSA) is 55.1 Å². The average Bonchev–Trinajstić information content (AvgIpc) is 2.94. The minimum atomic E-state index is -1.14. The first-order valence-electron chi connectivity index (χ1n) is 6.40. The van der Waals surface area contributed by atoms with Crippen LogP contribution in [0.3, 0.4) is 0 Å². The number of rotatable bonds is 3. The van der Waals surface area contributed by atoms with E-state index in [-0.39, 0.29) is 11.5 Å². The molecule has 110 valence electrons. The van der Waals surface area contributed by atoms with Crippen LogP contribution in [0.4, 0.5) is 4.39 Å². The number of benzene rings is 2. The van der Waals surface area contributed by atoms with Gasteiger partial charge >= 0.3 is 5.97 Å². The molecule has 1 aromatic heterocycles. The Morgan fingerprint density at radius 2 is 1.82 bits per heavy atom. The number of hydrogen-bond acceptors (Lipinski definition) is 2. The molecule has 1 N–H and O–H groups in total. The predicted octanol–water partition coefficient (Wildman–Crippen LogP) is 4.03. The Morgan fingerprint density at radius 3 is 2.45 bits per heavy atom. The van der Waals surface area contributed by atoms with Gasteiger partial charge in [0.15, 0.2) is 5.69 Å². The summed E-state index contributed by atoms with van der Waals surface area (Å²) < 4.78 is 14.5. The maximum Gasteiger partial charge on any atom is 0.356 e. The third kappa shape index (κ3) is 2.58. The fourth-order valence-corrected chi connectivity index (χ4v) is 2.36. The number of carboxylic acid groups (broad SMARTS) is 1. The van der Waals surface area contributed by atoms with Crippen molar-refractivity contribution in [3.8, 4) is 16.9 Å². The molecular weight excluding hydrogens is 307 g/mol. The third-order valence-corrected chi connectivity index (χ3v) is 3.48. The molecule has 22 heavy (non-hydrogen) atoms. The predicted molar refractivity (Wildman–Crippen MR) is 80.9 cm³/mol. The second kappa shape index (κ2) is 5.61. The molecule has 0 atom stereocenters. The molecule has 0 amide bonds. The summed E-state index contributed by atoms with van der Waals surface area (Å²) in [5.74, 6) is -1.53. The zero-order valence-corrected chi connectivity index (χ0v) is 12.0. The summed E-state index contributed by atoms with van der Waals surface area (Å²) >= 11 is 6.18. The van der Waals surface area contributed by atoms with Gasteiger partial charge < -0.3 is 5.11 Å². The molecule has 0 radical (unpaired) electrons. The van der Waals surface area contributed by atoms with Crippen LogP contribution < -0.4 is 0 Å². The molecule has 0 saturated carbocycles. The first-order valence-corrected chi connectivity index (χ1v) is 6.78. The second-order valence-electron chi connectivity index (χ2n) is 4.59. The lowest BCUT2D eigenvalue weighted by molar-refractivity contribution is 0.0690. The fourth-order valence-electron chi connectivity index (χ4n) is 2.13. The van der Waals surface area contributed by atoms with Crippen molar-refractivity contribution in [2.75, 3.05) is 0 Å². The Balaban J connectivity index is 2.23. The van der Waals surface area contributed by atoms with Gasteiger partial charge in [0.1, 0.15) is 5.82 Å². The van der Waals surface area contributed by atoms with E-state index in [9.17, 15) is 9.18 Å². The third-order valence-electron chi connectivity index (χ3n) is 3.15. The van der Waals surface area contributed by atoms with Crippen LogP contribution in [0, 0.1) is 5.82 Å². The van der Waals surface area contributed by atoms with Gasteiger partial charge in [-0.3, -0.25) is 0 Å². The number of hydrogen-bond donors (Lipinski definition) is 1. The molecule has 4 nitrogen and oxygen atoms in total. The number of aromatic nitrogens is 2. The van der Waals surface area contributed by atoms with E-state index >= 15 is 0 Å². The molecule has 2 aromatic carbocycles. The molecule has 0 spiro atoms. The molecule has 0 saturated heterocycles. The first kappa shape index (κ1) is 14.3. The van der Waals surface area contributed by atoms with Crippen LogP contribution in [0.15, 0.2) is 54.6 Å². The SMILES string of the molecule is O=C(O)c1cc(-c2ccccc2Cl)n(-c2ccc(F)cc2)n1. The van der Waals surface area contributed by atoms with Crippen molar-refractivity contribution in [2.24, 2.45) is 0 Å². The number of halogens is 2. The van der Waals surface area contributed by atoms with Crippen molar-refractivity contribution in [1.29, 1.82) is 0 Å². The normalized spacial score (nSPS) is 10.6. The zero-order chi connectivity index (χ0) is 15.7. The molecule has 0 aliphatic carbocycles. The Morgan fingerprint density at radius 1 is 1.14 bits per heavy atom. The Kier molecular flexibility index (Phi) is 3.65. The summed E-state index contributed by atoms with van der Waals surface area (Å²) in [6, 6.07) is 14.1. The second-order valence-corrected chi connectivity index (χ2v) is 5.00. The lowest BCUT2D eigenvalue weighted by atomic mass is 10.1. The molecule has 0 aliphatic heterocycles. The van der Waals surface area contributed by atoms with E-state index in [0.717, 1.165) is 0 Å². The standard InChI is InChI=1S/C16H10ClFN2O2/c17-13-4-2-1-3-12(13)15-9-14(16(21)22)19-20(15)11-7-5-10(18)6-8-11/h1-9H,(H,21,22). The summed E-state index contributed by atoms with van der Waals surface area (Å²) in [6.45, 7) is 0. The number of carboxylic acids is 1. The molecule has 6 heteroatoms. The highest BCUT2D eigenvalue weighted by Crippen LogP contribution is 2.30. The summed E-state index contributed by atoms with van der Waals surface area (Å²) in [5, 5.41) is 13.7. The van der Waals surface area contributed by atoms with Crippen molar-refractivity contribution in [3.63, 3.8) is 0 Å². The highest BCUT2D eigenvalue weighted by atomic mass is 35.5. The molecule has 0 fully saturated rings. The van der Waals surface area contributed by atoms with E-state index in [2.05, 4.69) is 5.10 Å². The summed E-state index contributed by atoms with van der Waals surface area (Å²) in [5.41, 5.74) is 1.60. The molecule has 0 aliphatic rings. The van der Waals surface area contributed by atoms with E-state index < -0.39 is 5.97 Å². The Labute approximate surface area is 130 Å². The van der Waals surface area contributed by atoms with E-state index in [4.69, 9.17) is 16.7 Å². The van der Waals surface area contributed by atoms with Crippen LogP contribution >= 0.6 is 11.6 Å². The highest BCUT2D eigenvalue weighted by Gasteiger charge is 2.17. The van der Waals surface area contributed by atoms with Gasteiger partial charge in [0.05, 0.1) is 11.4 Å². The smallest absolute Gasteiger partial charge is 0.356 e. The van der Waals surface area contributed by atoms with Crippen LogP contribution in [0.2, 0.25) is 5.02 Å². The summed E-state index contributed by atoms with van der Waals surface area (Å²) in [7, 11) is 0. The lowest BCUT2D eigenvalue weighted by Gasteiger charge is -2.08. The largest absolute Gasteiger partial charge is 0.476 e. The lowest BCUT2D eigenvalue weighted by Crippen LogP contribution is -2.02. The van der Waals surface area contributed by atoms with Gasteiger partial charge in [0.2, 0.25) is 0 Å². The maximum absolute atomic E-state index is 13.1. The fraction of sp³-hybridized carbons (Fsp3) is 0. The highest BCUT2D eigenvalue weighted by molar-refractivity contribution is 6.33. The summed E-state index contributed by atoms with van der Waals surface area (Å²) in [6.07, 6.45) is 0. The van der Waals surface area contributed by atoms with Gasteiger partial charge in [-0.15, -0.1) is 0 Å². The molecule has 3 aromatic rings. The van der Waals surface area contributed by atoms with Gasteiger partial charge in [-0.1, -0.05) is 29.8 Å². The maximum atomic E-state index is 13.1. The van der Waals surface area contributed by atoms with Crippen molar-refractivity contribution >= 4 is 17.6 Å². The minimum absolute atomic E-state index is 0.112. The van der Waals surface area contributed by atoms with Crippen LogP contribution in [0.5, 0.6) is 0 Å². The van der Waals surface area contributed by atoms with Gasteiger partial charge in [-0.2, -0.15) is 5.10 Å². The van der Waals surface area contributed by atoms with Crippen LogP contribution in [-0.2, 0) is 0 Å². The van der Waals surface area contributed by atoms with Crippen LogP contribution in [0.1, 0.15) is 10.5 Å². The van der Waals surface area contributed by atoms with Gasteiger partial charge in [0.25, 0.3) is 0 Å². The van der Waals surface area contributed by atoms with E-state index in [1.165, 1.54) is 35.0 Å². The molecule has 0 unspecified atom stereocenters. The van der Waals surface area contributed by atoms with E-state index in [0.29, 0.717) is 22.0 Å². The Bertz CT molecular complexity index is 844. The van der Waals surface area contributed by atoms with Crippen LogP contribution in [-0.4, -0.2) is 20.9 Å². The monoisotopic (exact) mass is 316 g/mol. The van der Waals surface area contributed by atoms with Gasteiger partial charge in [-0.25, -0.2) is 13.9 Å². The number of aromatic carboxylic acids is 1. The van der Waals surface area contributed by atoms with Gasteiger partial charge in [0, 0.05) is 10.6 Å². The molecular formula is C16H10ClFN2O2. The Hall–Kier alpha value is -2.66. The van der Waals surface area contributed by atoms with E-state index in [1.807, 2.05) is 0 Å².